The fraction of sp³-hybridized carbons (Fsp3) is 0.615. The van der Waals surface area contributed by atoms with Crippen LogP contribution in [0.2, 0.25) is 5.02 Å². The highest BCUT2D eigenvalue weighted by molar-refractivity contribution is 6.31. The maximum Gasteiger partial charge on any atom is 0.0863 e. The van der Waals surface area contributed by atoms with Gasteiger partial charge in [-0.15, -0.1) is 6.58 Å². The van der Waals surface area contributed by atoms with Crippen LogP contribution in [0, 0.1) is 0 Å². The van der Waals surface area contributed by atoms with Crippen LogP contribution in [-0.4, -0.2) is 39.5 Å². The van der Waals surface area contributed by atoms with Gasteiger partial charge in [-0.3, -0.25) is 9.58 Å². The van der Waals surface area contributed by atoms with E-state index in [9.17, 15) is 0 Å². The van der Waals surface area contributed by atoms with Crippen LogP contribution >= 0.6 is 11.6 Å². The summed E-state index contributed by atoms with van der Waals surface area (Å²) in [6, 6.07) is 0. The molecular formula is C13H22ClN3O. The molecule has 0 aliphatic rings. The molecular weight excluding hydrogens is 250 g/mol. The number of nitrogens with zero attached hydrogens (tertiary/aromatic N) is 3. The molecule has 1 N–H and O–H groups in total. The minimum absolute atomic E-state index is 0.131. The van der Waals surface area contributed by atoms with Crippen molar-refractivity contribution in [3.05, 3.63) is 29.1 Å². The molecule has 0 aliphatic heterocycles. The summed E-state index contributed by atoms with van der Waals surface area (Å²) in [5.41, 5.74) is 1.96. The Labute approximate surface area is 114 Å². The van der Waals surface area contributed by atoms with Gasteiger partial charge < -0.3 is 5.11 Å². The van der Waals surface area contributed by atoms with E-state index in [0.717, 1.165) is 35.9 Å². The van der Waals surface area contributed by atoms with E-state index >= 15 is 0 Å². The SMILES string of the molecule is C=CCN(CCO)Cc1c(Cl)c(CC)nn1CC. The zero-order valence-corrected chi connectivity index (χ0v) is 11.9. The van der Waals surface area contributed by atoms with Gasteiger partial charge in [-0.25, -0.2) is 0 Å². The van der Waals surface area contributed by atoms with E-state index in [4.69, 9.17) is 16.7 Å². The van der Waals surface area contributed by atoms with Gasteiger partial charge in [-0.1, -0.05) is 24.6 Å². The van der Waals surface area contributed by atoms with Crippen molar-refractivity contribution in [3.8, 4) is 0 Å². The normalized spacial score (nSPS) is 11.2. The predicted octanol–water partition coefficient (Wildman–Crippen LogP) is 2.10. The zero-order chi connectivity index (χ0) is 13.5. The molecule has 0 saturated heterocycles. The van der Waals surface area contributed by atoms with Gasteiger partial charge in [-0.05, 0) is 13.3 Å². The standard InChI is InChI=1S/C13H22ClN3O/c1-4-7-16(8-9-18)10-12-13(14)11(5-2)15-17(12)6-3/h4,18H,1,5-10H2,2-3H3. The number of rotatable bonds is 8. The van der Waals surface area contributed by atoms with Crippen molar-refractivity contribution in [2.45, 2.75) is 33.4 Å². The monoisotopic (exact) mass is 271 g/mol. The predicted molar refractivity (Wildman–Crippen MR) is 74.8 cm³/mol. The number of hydrogen-bond acceptors (Lipinski definition) is 3. The molecule has 0 saturated carbocycles. The van der Waals surface area contributed by atoms with E-state index < -0.39 is 0 Å². The smallest absolute Gasteiger partial charge is 0.0863 e. The first-order chi connectivity index (χ1) is 8.67. The van der Waals surface area contributed by atoms with Gasteiger partial charge in [0.2, 0.25) is 0 Å². The molecule has 0 fully saturated rings. The quantitative estimate of drug-likeness (QED) is 0.736. The van der Waals surface area contributed by atoms with E-state index in [-0.39, 0.29) is 6.61 Å². The molecule has 1 aromatic rings. The third kappa shape index (κ3) is 3.57. The van der Waals surface area contributed by atoms with Gasteiger partial charge in [0, 0.05) is 26.2 Å². The van der Waals surface area contributed by atoms with Gasteiger partial charge in [0.15, 0.2) is 0 Å². The number of aryl methyl sites for hydroxylation is 2. The molecule has 1 heterocycles. The Morgan fingerprint density at radius 2 is 2.22 bits per heavy atom. The van der Waals surface area contributed by atoms with Crippen LogP contribution in [0.15, 0.2) is 12.7 Å². The maximum absolute atomic E-state index is 9.06. The number of hydrogen-bond donors (Lipinski definition) is 1. The van der Waals surface area contributed by atoms with Crippen molar-refractivity contribution >= 4 is 11.6 Å². The van der Waals surface area contributed by atoms with Crippen LogP contribution in [0.4, 0.5) is 0 Å². The summed E-state index contributed by atoms with van der Waals surface area (Å²) in [6.07, 6.45) is 2.66. The first-order valence-electron chi connectivity index (χ1n) is 6.36. The van der Waals surface area contributed by atoms with Crippen LogP contribution < -0.4 is 0 Å². The summed E-state index contributed by atoms with van der Waals surface area (Å²) in [4.78, 5) is 2.10. The second-order valence-corrected chi connectivity index (χ2v) is 4.50. The van der Waals surface area contributed by atoms with E-state index in [0.29, 0.717) is 13.1 Å². The zero-order valence-electron chi connectivity index (χ0n) is 11.2. The minimum Gasteiger partial charge on any atom is -0.395 e. The minimum atomic E-state index is 0.131. The van der Waals surface area contributed by atoms with Crippen molar-refractivity contribution in [3.63, 3.8) is 0 Å². The van der Waals surface area contributed by atoms with Crippen molar-refractivity contribution in [1.82, 2.24) is 14.7 Å². The fourth-order valence-corrected chi connectivity index (χ4v) is 2.27. The molecule has 1 rings (SSSR count). The van der Waals surface area contributed by atoms with Crippen molar-refractivity contribution in [1.29, 1.82) is 0 Å². The number of aliphatic hydroxyl groups is 1. The Morgan fingerprint density at radius 3 is 2.72 bits per heavy atom. The highest BCUT2D eigenvalue weighted by Gasteiger charge is 2.16. The van der Waals surface area contributed by atoms with E-state index in [1.54, 1.807) is 0 Å². The molecule has 0 radical (unpaired) electrons. The molecule has 0 amide bonds. The van der Waals surface area contributed by atoms with Crippen LogP contribution in [0.25, 0.3) is 0 Å². The summed E-state index contributed by atoms with van der Waals surface area (Å²) >= 11 is 6.35. The summed E-state index contributed by atoms with van der Waals surface area (Å²) in [6.45, 7) is 10.8. The van der Waals surface area contributed by atoms with Crippen molar-refractivity contribution in [2.24, 2.45) is 0 Å². The van der Waals surface area contributed by atoms with Gasteiger partial charge in [0.05, 0.1) is 23.0 Å². The summed E-state index contributed by atoms with van der Waals surface area (Å²) in [7, 11) is 0. The Hall–Kier alpha value is -0.840. The molecule has 0 aliphatic carbocycles. The lowest BCUT2D eigenvalue weighted by Gasteiger charge is -2.20. The maximum atomic E-state index is 9.06. The summed E-state index contributed by atoms with van der Waals surface area (Å²) in [5.74, 6) is 0. The molecule has 0 unspecified atom stereocenters. The average Bonchev–Trinajstić information content (AvgIpc) is 2.67. The molecule has 0 aromatic carbocycles. The number of aliphatic hydroxyl groups excluding tert-OH is 1. The second kappa shape index (κ2) is 7.56. The van der Waals surface area contributed by atoms with E-state index in [1.165, 1.54) is 0 Å². The Bertz CT molecular complexity index is 390. The summed E-state index contributed by atoms with van der Waals surface area (Å²) in [5, 5.41) is 14.3. The number of aromatic nitrogens is 2. The highest BCUT2D eigenvalue weighted by atomic mass is 35.5. The fourth-order valence-electron chi connectivity index (χ4n) is 1.94. The first-order valence-corrected chi connectivity index (χ1v) is 6.73. The van der Waals surface area contributed by atoms with Gasteiger partial charge in [-0.2, -0.15) is 5.10 Å². The first kappa shape index (κ1) is 15.2. The molecule has 0 atom stereocenters. The molecule has 1 aromatic heterocycles. The van der Waals surface area contributed by atoms with E-state index in [1.807, 2.05) is 17.7 Å². The average molecular weight is 272 g/mol. The topological polar surface area (TPSA) is 41.3 Å². The van der Waals surface area contributed by atoms with E-state index in [2.05, 4.69) is 23.5 Å². The molecule has 0 spiro atoms. The van der Waals surface area contributed by atoms with Crippen LogP contribution in [0.1, 0.15) is 25.2 Å². The second-order valence-electron chi connectivity index (χ2n) is 4.12. The summed E-state index contributed by atoms with van der Waals surface area (Å²) < 4.78 is 1.94. The molecule has 18 heavy (non-hydrogen) atoms. The highest BCUT2D eigenvalue weighted by Crippen LogP contribution is 2.23. The Morgan fingerprint density at radius 1 is 1.50 bits per heavy atom. The Kier molecular flexibility index (Phi) is 6.39. The molecule has 102 valence electrons. The molecule has 5 heteroatoms. The third-order valence-corrected chi connectivity index (χ3v) is 3.31. The van der Waals surface area contributed by atoms with Gasteiger partial charge >= 0.3 is 0 Å². The van der Waals surface area contributed by atoms with Crippen molar-refractivity contribution < 1.29 is 5.11 Å². The lowest BCUT2D eigenvalue weighted by atomic mass is 10.3. The molecule has 4 nitrogen and oxygen atoms in total. The largest absolute Gasteiger partial charge is 0.395 e. The van der Waals surface area contributed by atoms with Gasteiger partial charge in [0.25, 0.3) is 0 Å². The lowest BCUT2D eigenvalue weighted by molar-refractivity contribution is 0.200. The van der Waals surface area contributed by atoms with Crippen LogP contribution in [-0.2, 0) is 19.5 Å². The van der Waals surface area contributed by atoms with Gasteiger partial charge in [0.1, 0.15) is 0 Å². The van der Waals surface area contributed by atoms with Crippen molar-refractivity contribution in [2.75, 3.05) is 19.7 Å². The lowest BCUT2D eigenvalue weighted by Crippen LogP contribution is -2.28. The third-order valence-electron chi connectivity index (χ3n) is 2.87. The van der Waals surface area contributed by atoms with Crippen LogP contribution in [0.3, 0.4) is 0 Å². The van der Waals surface area contributed by atoms with Crippen LogP contribution in [0.5, 0.6) is 0 Å². The molecule has 0 bridgehead atoms. The Balaban J connectivity index is 2.92. The number of halogens is 1.